The molecule has 2 N–H and O–H groups in total. The maximum Gasteiger partial charge on any atom is 0.138 e. The number of nitrogens with one attached hydrogen (secondary N) is 1. The van der Waals surface area contributed by atoms with Gasteiger partial charge in [0.25, 0.3) is 0 Å². The first-order chi connectivity index (χ1) is 12.1. The second-order valence-corrected chi connectivity index (χ2v) is 7.99. The predicted octanol–water partition coefficient (Wildman–Crippen LogP) is 4.40. The molecule has 4 heteroatoms. The zero-order valence-corrected chi connectivity index (χ0v) is 15.8. The summed E-state index contributed by atoms with van der Waals surface area (Å²) in [6.45, 7) is 7.81. The van der Waals surface area contributed by atoms with Gasteiger partial charge < -0.3 is 15.2 Å². The number of likely N-dealkylation sites (tertiary alicyclic amines) is 1. The number of piperidine rings is 1. The molecule has 1 aliphatic heterocycles. The molecular weight excluding hydrogens is 312 g/mol. The van der Waals surface area contributed by atoms with Crippen LogP contribution in [0.5, 0.6) is 5.75 Å². The Kier molecular flexibility index (Phi) is 6.24. The van der Waals surface area contributed by atoms with Crippen LogP contribution in [-0.2, 0) is 4.74 Å². The molecule has 0 unspecified atom stereocenters. The summed E-state index contributed by atoms with van der Waals surface area (Å²) in [5.74, 6) is 0.349. The second-order valence-electron chi connectivity index (χ2n) is 7.99. The summed E-state index contributed by atoms with van der Waals surface area (Å²) in [5.41, 5.74) is 1.20. The molecular formula is C21H34N2O2. The maximum absolute atomic E-state index is 9.94. The Bertz CT molecular complexity index is 532. The van der Waals surface area contributed by atoms with Crippen LogP contribution >= 0.6 is 0 Å². The molecule has 0 spiro atoms. The van der Waals surface area contributed by atoms with Gasteiger partial charge in [-0.3, -0.25) is 4.90 Å². The van der Waals surface area contributed by atoms with E-state index in [-0.39, 0.29) is 0 Å². The third-order valence-corrected chi connectivity index (χ3v) is 6.09. The van der Waals surface area contributed by atoms with Crippen molar-refractivity contribution >= 4 is 5.69 Å². The number of hydrogen-bond acceptors (Lipinski definition) is 4. The van der Waals surface area contributed by atoms with Gasteiger partial charge in [0.05, 0.1) is 11.8 Å². The molecule has 25 heavy (non-hydrogen) atoms. The predicted molar refractivity (Wildman–Crippen MR) is 103 cm³/mol. The highest BCUT2D eigenvalue weighted by atomic mass is 16.5. The van der Waals surface area contributed by atoms with E-state index in [0.29, 0.717) is 23.4 Å². The highest BCUT2D eigenvalue weighted by Gasteiger charge is 2.38. The minimum Gasteiger partial charge on any atom is -0.506 e. The van der Waals surface area contributed by atoms with Crippen LogP contribution in [0, 0.1) is 0 Å². The van der Waals surface area contributed by atoms with Gasteiger partial charge in [-0.1, -0.05) is 19.1 Å². The van der Waals surface area contributed by atoms with Gasteiger partial charge in [0.2, 0.25) is 0 Å². The minimum atomic E-state index is 0.339. The highest BCUT2D eigenvalue weighted by Crippen LogP contribution is 2.36. The summed E-state index contributed by atoms with van der Waals surface area (Å²) in [7, 11) is 0. The van der Waals surface area contributed by atoms with Gasteiger partial charge in [0.1, 0.15) is 5.75 Å². The fraction of sp³-hybridized carbons (Fsp3) is 0.714. The van der Waals surface area contributed by atoms with E-state index in [1.165, 1.54) is 25.7 Å². The van der Waals surface area contributed by atoms with Crippen LogP contribution in [0.1, 0.15) is 58.8 Å². The standard InChI is InChI=1S/C21H34N2O2/c1-3-16-25-18-8-12-21(2,13-9-18)23-14-10-17(11-15-23)22-19-6-4-5-7-20(19)24/h4-7,17-18,22,24H,3,8-16H2,1-2H3. The first-order valence-electron chi connectivity index (χ1n) is 10.0. The smallest absolute Gasteiger partial charge is 0.138 e. The summed E-state index contributed by atoms with van der Waals surface area (Å²) in [6, 6.07) is 8.00. The lowest BCUT2D eigenvalue weighted by Crippen LogP contribution is -2.53. The van der Waals surface area contributed by atoms with Crippen molar-refractivity contribution in [1.29, 1.82) is 0 Å². The van der Waals surface area contributed by atoms with Crippen molar-refractivity contribution in [2.24, 2.45) is 0 Å². The van der Waals surface area contributed by atoms with E-state index in [1.54, 1.807) is 6.07 Å². The SMILES string of the molecule is CCCOC1CCC(C)(N2CCC(Nc3ccccc3O)CC2)CC1. The molecule has 0 atom stereocenters. The van der Waals surface area contributed by atoms with Gasteiger partial charge in [-0.25, -0.2) is 0 Å². The maximum atomic E-state index is 9.94. The summed E-state index contributed by atoms with van der Waals surface area (Å²) in [4.78, 5) is 2.70. The molecule has 2 aliphatic rings. The first-order valence-corrected chi connectivity index (χ1v) is 10.0. The molecule has 0 bridgehead atoms. The van der Waals surface area contributed by atoms with Crippen LogP contribution in [0.2, 0.25) is 0 Å². The summed E-state index contributed by atoms with van der Waals surface area (Å²) >= 11 is 0. The Morgan fingerprint density at radius 2 is 1.84 bits per heavy atom. The van der Waals surface area contributed by atoms with E-state index in [1.807, 2.05) is 18.2 Å². The van der Waals surface area contributed by atoms with Gasteiger partial charge in [0, 0.05) is 31.3 Å². The molecule has 1 aromatic carbocycles. The number of nitrogens with zero attached hydrogens (tertiary/aromatic N) is 1. The van der Waals surface area contributed by atoms with E-state index in [2.05, 4.69) is 24.1 Å². The largest absolute Gasteiger partial charge is 0.506 e. The summed E-state index contributed by atoms with van der Waals surface area (Å²) in [5, 5.41) is 13.5. The number of hydrogen-bond donors (Lipinski definition) is 2. The monoisotopic (exact) mass is 346 g/mol. The van der Waals surface area contributed by atoms with E-state index >= 15 is 0 Å². The van der Waals surface area contributed by atoms with Gasteiger partial charge in [-0.05, 0) is 64.0 Å². The zero-order chi connectivity index (χ0) is 17.7. The molecule has 4 nitrogen and oxygen atoms in total. The molecule has 0 aromatic heterocycles. The van der Waals surface area contributed by atoms with Crippen LogP contribution < -0.4 is 5.32 Å². The Morgan fingerprint density at radius 1 is 1.16 bits per heavy atom. The van der Waals surface area contributed by atoms with Crippen LogP contribution in [0.25, 0.3) is 0 Å². The number of anilines is 1. The molecule has 1 saturated carbocycles. The number of rotatable bonds is 6. The number of aromatic hydroxyl groups is 1. The van der Waals surface area contributed by atoms with Crippen LogP contribution in [0.15, 0.2) is 24.3 Å². The normalized spacial score (nSPS) is 28.8. The minimum absolute atomic E-state index is 0.339. The molecule has 3 rings (SSSR count). The van der Waals surface area contributed by atoms with E-state index in [9.17, 15) is 5.11 Å². The van der Waals surface area contributed by atoms with Crippen molar-refractivity contribution in [3.63, 3.8) is 0 Å². The van der Waals surface area contributed by atoms with Crippen LogP contribution in [0.4, 0.5) is 5.69 Å². The molecule has 0 amide bonds. The lowest BCUT2D eigenvalue weighted by atomic mass is 9.79. The fourth-order valence-corrected chi connectivity index (χ4v) is 4.36. The fourth-order valence-electron chi connectivity index (χ4n) is 4.36. The Hall–Kier alpha value is -1.26. The Labute approximate surface area is 152 Å². The number of ether oxygens (including phenoxy) is 1. The quantitative estimate of drug-likeness (QED) is 0.750. The average molecular weight is 347 g/mol. The average Bonchev–Trinajstić information content (AvgIpc) is 2.64. The van der Waals surface area contributed by atoms with Gasteiger partial charge in [-0.15, -0.1) is 0 Å². The number of benzene rings is 1. The van der Waals surface area contributed by atoms with Gasteiger partial charge in [-0.2, -0.15) is 0 Å². The van der Waals surface area contributed by atoms with Crippen molar-refractivity contribution < 1.29 is 9.84 Å². The Morgan fingerprint density at radius 3 is 2.48 bits per heavy atom. The molecule has 2 fully saturated rings. The molecule has 140 valence electrons. The van der Waals surface area contributed by atoms with Crippen molar-refractivity contribution in [3.05, 3.63) is 24.3 Å². The van der Waals surface area contributed by atoms with Crippen LogP contribution in [-0.4, -0.2) is 47.4 Å². The van der Waals surface area contributed by atoms with Crippen LogP contribution in [0.3, 0.4) is 0 Å². The number of phenols is 1. The third kappa shape index (κ3) is 4.68. The van der Waals surface area contributed by atoms with Gasteiger partial charge >= 0.3 is 0 Å². The van der Waals surface area contributed by atoms with E-state index in [4.69, 9.17) is 4.74 Å². The van der Waals surface area contributed by atoms with Crippen molar-refractivity contribution in [1.82, 2.24) is 4.90 Å². The topological polar surface area (TPSA) is 44.7 Å². The summed E-state index contributed by atoms with van der Waals surface area (Å²) < 4.78 is 5.96. The first kappa shape index (κ1) is 18.5. The van der Waals surface area contributed by atoms with Crippen molar-refractivity contribution in [2.75, 3.05) is 25.0 Å². The lowest BCUT2D eigenvalue weighted by molar-refractivity contribution is -0.0277. The molecule has 1 heterocycles. The van der Waals surface area contributed by atoms with Crippen molar-refractivity contribution in [2.45, 2.75) is 76.5 Å². The third-order valence-electron chi connectivity index (χ3n) is 6.09. The second kappa shape index (κ2) is 8.41. The lowest BCUT2D eigenvalue weighted by Gasteiger charge is -2.48. The Balaban J connectivity index is 1.46. The van der Waals surface area contributed by atoms with Crippen molar-refractivity contribution in [3.8, 4) is 5.75 Å². The van der Waals surface area contributed by atoms with E-state index < -0.39 is 0 Å². The van der Waals surface area contributed by atoms with Gasteiger partial charge in [0.15, 0.2) is 0 Å². The van der Waals surface area contributed by atoms with E-state index in [0.717, 1.165) is 44.6 Å². The number of phenolic OH excluding ortho intramolecular Hbond substituents is 1. The number of para-hydroxylation sites is 2. The molecule has 1 aliphatic carbocycles. The molecule has 1 saturated heterocycles. The molecule has 0 radical (unpaired) electrons. The highest BCUT2D eigenvalue weighted by molar-refractivity contribution is 5.55. The molecule has 1 aromatic rings. The summed E-state index contributed by atoms with van der Waals surface area (Å²) in [6.07, 6.45) is 8.77. The zero-order valence-electron chi connectivity index (χ0n) is 15.8.